The fraction of sp³-hybridized carbons (Fsp3) is 0.182. The fourth-order valence-corrected chi connectivity index (χ4v) is 2.77. The van der Waals surface area contributed by atoms with Gasteiger partial charge in [0.05, 0.1) is 16.9 Å². The van der Waals surface area contributed by atoms with Gasteiger partial charge in [-0.2, -0.15) is 5.10 Å². The molecule has 1 aromatic carbocycles. The van der Waals surface area contributed by atoms with Crippen LogP contribution in [0.1, 0.15) is 17.4 Å². The first-order chi connectivity index (χ1) is 8.00. The Morgan fingerprint density at radius 3 is 2.65 bits per heavy atom. The molecule has 2 rings (SSSR count). The molecule has 1 unspecified atom stereocenters. The van der Waals surface area contributed by atoms with E-state index >= 15 is 0 Å². The Morgan fingerprint density at radius 2 is 2.12 bits per heavy atom. The molecular weight excluding hydrogens is 327 g/mol. The Kier molecular flexibility index (Phi) is 3.78. The molecule has 2 aromatic rings. The second-order valence-electron chi connectivity index (χ2n) is 3.57. The lowest BCUT2D eigenvalue weighted by molar-refractivity contribution is 0.209. The summed E-state index contributed by atoms with van der Waals surface area (Å²) >= 11 is 15.2. The highest BCUT2D eigenvalue weighted by atomic mass is 79.9. The Labute approximate surface area is 117 Å². The van der Waals surface area contributed by atoms with Gasteiger partial charge in [0, 0.05) is 22.1 Å². The molecule has 3 nitrogen and oxygen atoms in total. The minimum absolute atomic E-state index is 0.432. The molecule has 1 atom stereocenters. The van der Waals surface area contributed by atoms with Crippen LogP contribution in [0.2, 0.25) is 10.0 Å². The molecule has 6 heteroatoms. The monoisotopic (exact) mass is 334 g/mol. The second kappa shape index (κ2) is 4.98. The van der Waals surface area contributed by atoms with E-state index in [0.29, 0.717) is 21.3 Å². The van der Waals surface area contributed by atoms with Crippen LogP contribution in [-0.2, 0) is 7.05 Å². The third-order valence-corrected chi connectivity index (χ3v) is 3.67. The molecule has 0 saturated heterocycles. The van der Waals surface area contributed by atoms with E-state index in [-0.39, 0.29) is 0 Å². The highest BCUT2D eigenvalue weighted by Crippen LogP contribution is 2.33. The predicted octanol–water partition coefficient (Wildman–Crippen LogP) is 3.57. The van der Waals surface area contributed by atoms with Crippen molar-refractivity contribution in [2.75, 3.05) is 0 Å². The van der Waals surface area contributed by atoms with Gasteiger partial charge >= 0.3 is 0 Å². The summed E-state index contributed by atoms with van der Waals surface area (Å²) in [5, 5.41) is 15.3. The van der Waals surface area contributed by atoms with Crippen LogP contribution in [0.25, 0.3) is 0 Å². The molecule has 0 aliphatic rings. The van der Waals surface area contributed by atoms with Crippen molar-refractivity contribution < 1.29 is 5.11 Å². The number of nitrogens with zero attached hydrogens (tertiary/aromatic N) is 2. The molecule has 1 heterocycles. The normalized spacial score (nSPS) is 12.8. The number of rotatable bonds is 2. The average Bonchev–Trinajstić information content (AvgIpc) is 2.58. The topological polar surface area (TPSA) is 38.0 Å². The molecule has 0 saturated carbocycles. The number of aliphatic hydroxyl groups excluding tert-OH is 1. The van der Waals surface area contributed by atoms with Gasteiger partial charge in [-0.3, -0.25) is 4.68 Å². The van der Waals surface area contributed by atoms with Crippen molar-refractivity contribution in [1.82, 2.24) is 9.78 Å². The van der Waals surface area contributed by atoms with Gasteiger partial charge in [0.15, 0.2) is 0 Å². The van der Waals surface area contributed by atoms with Gasteiger partial charge in [-0.1, -0.05) is 45.2 Å². The lowest BCUT2D eigenvalue weighted by Crippen LogP contribution is -2.07. The van der Waals surface area contributed by atoms with E-state index in [9.17, 15) is 5.11 Å². The molecule has 0 radical (unpaired) electrons. The summed E-state index contributed by atoms with van der Waals surface area (Å²) in [6, 6.07) is 5.19. The van der Waals surface area contributed by atoms with Crippen LogP contribution in [0.15, 0.2) is 28.9 Å². The molecule has 17 heavy (non-hydrogen) atoms. The number of hydrogen-bond acceptors (Lipinski definition) is 2. The second-order valence-corrected chi connectivity index (χ2v) is 5.27. The van der Waals surface area contributed by atoms with Gasteiger partial charge in [-0.25, -0.2) is 0 Å². The fourth-order valence-electron chi connectivity index (χ4n) is 1.60. The van der Waals surface area contributed by atoms with Crippen LogP contribution in [0.5, 0.6) is 0 Å². The average molecular weight is 336 g/mol. The quantitative estimate of drug-likeness (QED) is 0.911. The van der Waals surface area contributed by atoms with E-state index in [1.54, 1.807) is 29.9 Å². The summed E-state index contributed by atoms with van der Waals surface area (Å²) in [6.07, 6.45) is 0.658. The summed E-state index contributed by atoms with van der Waals surface area (Å²) in [4.78, 5) is 0. The molecule has 0 amide bonds. The van der Waals surface area contributed by atoms with Crippen molar-refractivity contribution in [1.29, 1.82) is 0 Å². The maximum absolute atomic E-state index is 10.3. The molecule has 0 bridgehead atoms. The predicted molar refractivity (Wildman–Crippen MR) is 71.4 cm³/mol. The van der Waals surface area contributed by atoms with Crippen LogP contribution < -0.4 is 0 Å². The molecule has 1 aromatic heterocycles. The molecule has 0 fully saturated rings. The summed E-state index contributed by atoms with van der Waals surface area (Å²) in [5.41, 5.74) is 1.24. The van der Waals surface area contributed by atoms with Gasteiger partial charge in [0.25, 0.3) is 0 Å². The van der Waals surface area contributed by atoms with Crippen molar-refractivity contribution in [3.05, 3.63) is 50.2 Å². The van der Waals surface area contributed by atoms with Crippen LogP contribution in [0, 0.1) is 0 Å². The van der Waals surface area contributed by atoms with Gasteiger partial charge in [-0.05, 0) is 12.1 Å². The van der Waals surface area contributed by atoms with Crippen molar-refractivity contribution in [3.63, 3.8) is 0 Å². The Bertz CT molecular complexity index is 537. The highest BCUT2D eigenvalue weighted by Gasteiger charge is 2.20. The SMILES string of the molecule is Cn1ncc(Cl)c1C(O)c1ccc(Cl)cc1Br. The van der Waals surface area contributed by atoms with E-state index in [1.807, 2.05) is 0 Å². The maximum Gasteiger partial charge on any atom is 0.123 e. The first-order valence-corrected chi connectivity index (χ1v) is 6.36. The van der Waals surface area contributed by atoms with Crippen molar-refractivity contribution in [2.45, 2.75) is 6.10 Å². The van der Waals surface area contributed by atoms with Gasteiger partial charge in [0.1, 0.15) is 6.10 Å². The summed E-state index contributed by atoms with van der Waals surface area (Å²) in [5.74, 6) is 0. The van der Waals surface area contributed by atoms with Crippen molar-refractivity contribution in [3.8, 4) is 0 Å². The van der Waals surface area contributed by atoms with E-state index in [2.05, 4.69) is 21.0 Å². The van der Waals surface area contributed by atoms with Gasteiger partial charge in [-0.15, -0.1) is 0 Å². The minimum atomic E-state index is -0.846. The lowest BCUT2D eigenvalue weighted by Gasteiger charge is -2.14. The summed E-state index contributed by atoms with van der Waals surface area (Å²) in [6.45, 7) is 0. The summed E-state index contributed by atoms with van der Waals surface area (Å²) in [7, 11) is 1.73. The van der Waals surface area contributed by atoms with Crippen LogP contribution in [0.4, 0.5) is 0 Å². The third-order valence-electron chi connectivity index (χ3n) is 2.45. The maximum atomic E-state index is 10.3. The van der Waals surface area contributed by atoms with E-state index in [4.69, 9.17) is 23.2 Å². The number of aryl methyl sites for hydroxylation is 1. The molecule has 0 aliphatic heterocycles. The van der Waals surface area contributed by atoms with Crippen LogP contribution in [0.3, 0.4) is 0 Å². The third kappa shape index (κ3) is 2.50. The molecule has 0 spiro atoms. The minimum Gasteiger partial charge on any atom is -0.382 e. The standard InChI is InChI=1S/C11H9BrCl2N2O/c1-16-10(9(14)5-15-16)11(17)7-3-2-6(13)4-8(7)12/h2-5,11,17H,1H3. The smallest absolute Gasteiger partial charge is 0.123 e. The first-order valence-electron chi connectivity index (χ1n) is 4.81. The number of hydrogen-bond donors (Lipinski definition) is 1. The van der Waals surface area contributed by atoms with Gasteiger partial charge in [0.2, 0.25) is 0 Å². The zero-order valence-corrected chi connectivity index (χ0v) is 12.0. The highest BCUT2D eigenvalue weighted by molar-refractivity contribution is 9.10. The van der Waals surface area contributed by atoms with Crippen LogP contribution >= 0.6 is 39.1 Å². The molecule has 1 N–H and O–H groups in total. The molecular formula is C11H9BrCl2N2O. The number of aromatic nitrogens is 2. The van der Waals surface area contributed by atoms with E-state index in [1.165, 1.54) is 6.20 Å². The van der Waals surface area contributed by atoms with E-state index < -0.39 is 6.10 Å². The van der Waals surface area contributed by atoms with Crippen LogP contribution in [-0.4, -0.2) is 14.9 Å². The Balaban J connectivity index is 2.47. The number of benzene rings is 1. The number of halogens is 3. The van der Waals surface area contributed by atoms with Crippen molar-refractivity contribution >= 4 is 39.1 Å². The zero-order chi connectivity index (χ0) is 12.6. The largest absolute Gasteiger partial charge is 0.382 e. The van der Waals surface area contributed by atoms with Gasteiger partial charge < -0.3 is 5.11 Å². The van der Waals surface area contributed by atoms with Crippen molar-refractivity contribution in [2.24, 2.45) is 7.05 Å². The Hall–Kier alpha value is -0.550. The molecule has 0 aliphatic carbocycles. The lowest BCUT2D eigenvalue weighted by atomic mass is 10.1. The van der Waals surface area contributed by atoms with E-state index in [0.717, 1.165) is 4.47 Å². The Morgan fingerprint density at radius 1 is 1.41 bits per heavy atom. The zero-order valence-electron chi connectivity index (χ0n) is 8.86. The number of aliphatic hydroxyl groups is 1. The molecule has 90 valence electrons. The first kappa shape index (κ1) is 12.9. The summed E-state index contributed by atoms with van der Waals surface area (Å²) < 4.78 is 2.28.